The number of aryl methyl sites for hydroxylation is 1. The number of aromatic nitrogens is 3. The molecule has 26 heavy (non-hydrogen) atoms. The summed E-state index contributed by atoms with van der Waals surface area (Å²) in [5, 5.41) is 17.7. The van der Waals surface area contributed by atoms with Crippen LogP contribution in [0.2, 0.25) is 0 Å². The quantitative estimate of drug-likeness (QED) is 0.629. The normalized spacial score (nSPS) is 10.7. The summed E-state index contributed by atoms with van der Waals surface area (Å²) in [4.78, 5) is 11.0. The van der Waals surface area contributed by atoms with Gasteiger partial charge in [0.2, 0.25) is 5.82 Å². The molecule has 0 fully saturated rings. The molecule has 136 valence electrons. The highest BCUT2D eigenvalue weighted by Gasteiger charge is 2.24. The minimum Gasteiger partial charge on any atom is -0.494 e. The molecule has 1 N–H and O–H groups in total. The third-order valence-electron chi connectivity index (χ3n) is 3.54. The molecule has 0 amide bonds. The number of carboxylic acids is 1. The lowest BCUT2D eigenvalue weighted by Gasteiger charge is -2.16. The summed E-state index contributed by atoms with van der Waals surface area (Å²) in [5.74, 6) is 1.61. The zero-order valence-electron chi connectivity index (χ0n) is 14.4. The van der Waals surface area contributed by atoms with Crippen LogP contribution in [-0.2, 0) is 4.79 Å². The Bertz CT molecular complexity index is 912. The summed E-state index contributed by atoms with van der Waals surface area (Å²) in [6, 6.07) is 8.95. The molecule has 3 aromatic rings. The molecule has 0 saturated heterocycles. The van der Waals surface area contributed by atoms with Gasteiger partial charge in [0, 0.05) is 0 Å². The monoisotopic (exact) mass is 375 g/mol. The molecular formula is C17H17N3O5S. The lowest BCUT2D eigenvalue weighted by atomic mass is 10.2. The molecule has 0 aliphatic rings. The van der Waals surface area contributed by atoms with Crippen LogP contribution in [0, 0.1) is 6.92 Å². The minimum absolute atomic E-state index is 0.160. The van der Waals surface area contributed by atoms with Crippen LogP contribution < -0.4 is 9.47 Å². The van der Waals surface area contributed by atoms with E-state index in [1.165, 1.54) is 0 Å². The molecule has 9 heteroatoms. The van der Waals surface area contributed by atoms with Gasteiger partial charge >= 0.3 is 5.97 Å². The summed E-state index contributed by atoms with van der Waals surface area (Å²) < 4.78 is 18.3. The van der Waals surface area contributed by atoms with Crippen molar-refractivity contribution in [3.63, 3.8) is 0 Å². The van der Waals surface area contributed by atoms with Crippen LogP contribution in [0.5, 0.6) is 11.5 Å². The average Bonchev–Trinajstić information content (AvgIpc) is 3.24. The summed E-state index contributed by atoms with van der Waals surface area (Å²) in [6.07, 6.45) is 0. The molecule has 0 unspecified atom stereocenters. The lowest BCUT2D eigenvalue weighted by molar-refractivity contribution is -0.133. The fraction of sp³-hybridized carbons (Fsp3) is 0.235. The predicted molar refractivity (Wildman–Crippen MR) is 95.3 cm³/mol. The summed E-state index contributed by atoms with van der Waals surface area (Å²) in [6.45, 7) is 1.83. The molecule has 1 aromatic carbocycles. The first kappa shape index (κ1) is 17.9. The second-order valence-electron chi connectivity index (χ2n) is 5.25. The average molecular weight is 375 g/mol. The highest BCUT2D eigenvalue weighted by atomic mass is 32.2. The number of thioether (sulfide) groups is 1. The van der Waals surface area contributed by atoms with Crippen LogP contribution in [0.15, 0.2) is 39.9 Å². The third-order valence-corrected chi connectivity index (χ3v) is 4.46. The fourth-order valence-electron chi connectivity index (χ4n) is 2.46. The molecule has 8 nitrogen and oxygen atoms in total. The van der Waals surface area contributed by atoms with Gasteiger partial charge in [-0.2, -0.15) is 0 Å². The summed E-state index contributed by atoms with van der Waals surface area (Å²) >= 11 is 1.05. The first-order valence-electron chi connectivity index (χ1n) is 7.63. The second-order valence-corrected chi connectivity index (χ2v) is 6.19. The highest BCUT2D eigenvalue weighted by molar-refractivity contribution is 7.99. The van der Waals surface area contributed by atoms with E-state index in [9.17, 15) is 4.79 Å². The molecule has 3 rings (SSSR count). The van der Waals surface area contributed by atoms with E-state index in [4.69, 9.17) is 19.0 Å². The van der Waals surface area contributed by atoms with Crippen LogP contribution in [0.3, 0.4) is 0 Å². The Hall–Kier alpha value is -2.94. The van der Waals surface area contributed by atoms with E-state index in [1.807, 2.05) is 13.0 Å². The van der Waals surface area contributed by atoms with E-state index in [0.29, 0.717) is 33.9 Å². The molecule has 2 aromatic heterocycles. The number of rotatable bonds is 7. The Kier molecular flexibility index (Phi) is 5.17. The highest BCUT2D eigenvalue weighted by Crippen LogP contribution is 2.38. The van der Waals surface area contributed by atoms with Crippen LogP contribution in [0.25, 0.3) is 17.3 Å². The molecule has 0 aliphatic carbocycles. The predicted octanol–water partition coefficient (Wildman–Crippen LogP) is 3.03. The van der Waals surface area contributed by atoms with Gasteiger partial charge in [-0.3, -0.25) is 9.36 Å². The Morgan fingerprint density at radius 2 is 1.88 bits per heavy atom. The number of nitrogens with zero attached hydrogens (tertiary/aromatic N) is 3. The largest absolute Gasteiger partial charge is 0.494 e. The molecule has 2 heterocycles. The molecule has 0 saturated carbocycles. The van der Waals surface area contributed by atoms with Crippen LogP contribution in [0.4, 0.5) is 0 Å². The Balaban J connectivity index is 2.24. The number of aliphatic carboxylic acids is 1. The van der Waals surface area contributed by atoms with Gasteiger partial charge < -0.3 is 19.0 Å². The maximum atomic E-state index is 11.0. The summed E-state index contributed by atoms with van der Waals surface area (Å²) in [5.41, 5.74) is 0.569. The van der Waals surface area contributed by atoms with Gasteiger partial charge in [-0.05, 0) is 31.2 Å². The number of carboxylic acid groups (broad SMARTS) is 1. The van der Waals surface area contributed by atoms with Crippen LogP contribution in [0.1, 0.15) is 5.76 Å². The summed E-state index contributed by atoms with van der Waals surface area (Å²) in [7, 11) is 3.09. The van der Waals surface area contributed by atoms with E-state index in [2.05, 4.69) is 10.2 Å². The van der Waals surface area contributed by atoms with E-state index < -0.39 is 5.97 Å². The number of para-hydroxylation sites is 1. The van der Waals surface area contributed by atoms with E-state index in [0.717, 1.165) is 17.5 Å². The van der Waals surface area contributed by atoms with E-state index >= 15 is 0 Å². The Morgan fingerprint density at radius 1 is 1.19 bits per heavy atom. The van der Waals surface area contributed by atoms with E-state index in [-0.39, 0.29) is 5.75 Å². The van der Waals surface area contributed by atoms with Crippen molar-refractivity contribution in [3.8, 4) is 28.8 Å². The smallest absolute Gasteiger partial charge is 0.313 e. The number of methoxy groups -OCH3 is 2. The molecule has 0 aliphatic heterocycles. The molecule has 0 bridgehead atoms. The van der Waals surface area contributed by atoms with Gasteiger partial charge in [-0.15, -0.1) is 10.2 Å². The van der Waals surface area contributed by atoms with Crippen molar-refractivity contribution in [2.75, 3.05) is 20.0 Å². The van der Waals surface area contributed by atoms with Crippen molar-refractivity contribution < 1.29 is 23.8 Å². The van der Waals surface area contributed by atoms with Gasteiger partial charge in [-0.1, -0.05) is 17.8 Å². The molecular weight excluding hydrogens is 358 g/mol. The number of furan rings is 1. The number of hydrogen-bond donors (Lipinski definition) is 1. The van der Waals surface area contributed by atoms with Crippen molar-refractivity contribution in [3.05, 3.63) is 36.1 Å². The van der Waals surface area contributed by atoms with Crippen molar-refractivity contribution >= 4 is 17.7 Å². The van der Waals surface area contributed by atoms with Gasteiger partial charge in [-0.25, -0.2) is 0 Å². The first-order valence-corrected chi connectivity index (χ1v) is 8.62. The Labute approximate surface area is 153 Å². The number of hydrogen-bond acceptors (Lipinski definition) is 7. The maximum absolute atomic E-state index is 11.0. The molecule has 0 radical (unpaired) electrons. The second kappa shape index (κ2) is 7.52. The van der Waals surface area contributed by atoms with Gasteiger partial charge in [0.1, 0.15) is 22.9 Å². The molecule has 0 atom stereocenters. The van der Waals surface area contributed by atoms with Crippen molar-refractivity contribution in [2.24, 2.45) is 0 Å². The zero-order chi connectivity index (χ0) is 18.7. The van der Waals surface area contributed by atoms with Crippen molar-refractivity contribution in [1.29, 1.82) is 0 Å². The lowest BCUT2D eigenvalue weighted by Crippen LogP contribution is -2.06. The SMILES string of the molecule is COc1cccc(OC)c1-n1c(SCC(=O)O)nnc1-c1ccc(C)o1. The van der Waals surface area contributed by atoms with Crippen LogP contribution >= 0.6 is 11.8 Å². The maximum Gasteiger partial charge on any atom is 0.313 e. The number of ether oxygens (including phenoxy) is 2. The number of benzene rings is 1. The van der Waals surface area contributed by atoms with Crippen LogP contribution in [-0.4, -0.2) is 45.8 Å². The van der Waals surface area contributed by atoms with Gasteiger partial charge in [0.05, 0.1) is 20.0 Å². The topological polar surface area (TPSA) is 99.6 Å². The Morgan fingerprint density at radius 3 is 2.42 bits per heavy atom. The van der Waals surface area contributed by atoms with Gasteiger partial charge in [0.25, 0.3) is 0 Å². The fourth-order valence-corrected chi connectivity index (χ4v) is 3.12. The van der Waals surface area contributed by atoms with Crippen molar-refractivity contribution in [1.82, 2.24) is 14.8 Å². The van der Waals surface area contributed by atoms with Gasteiger partial charge in [0.15, 0.2) is 10.9 Å². The van der Waals surface area contributed by atoms with Crippen molar-refractivity contribution in [2.45, 2.75) is 12.1 Å². The molecule has 0 spiro atoms. The first-order chi connectivity index (χ1) is 12.5. The minimum atomic E-state index is -0.952. The number of carbonyl (C=O) groups is 1. The standard InChI is InChI=1S/C17H17N3O5S/c1-10-7-8-13(25-10)16-18-19-17(26-9-14(21)22)20(16)15-11(23-2)5-4-6-12(15)24-3/h4-8H,9H2,1-3H3,(H,21,22). The third kappa shape index (κ3) is 3.38. The zero-order valence-corrected chi connectivity index (χ0v) is 15.2. The van der Waals surface area contributed by atoms with E-state index in [1.54, 1.807) is 43.1 Å².